The summed E-state index contributed by atoms with van der Waals surface area (Å²) in [5.74, 6) is -0.797. The summed E-state index contributed by atoms with van der Waals surface area (Å²) in [4.78, 5) is 27.5. The Morgan fingerprint density at radius 3 is 2.76 bits per heavy atom. The highest BCUT2D eigenvalue weighted by atomic mass is 32.3. The third-order valence-electron chi connectivity index (χ3n) is 7.15. The van der Waals surface area contributed by atoms with Gasteiger partial charge in [-0.15, -0.1) is 10.8 Å². The molecule has 2 aliphatic rings. The second-order valence-corrected chi connectivity index (χ2v) is 12.7. The topological polar surface area (TPSA) is 177 Å². The lowest BCUT2D eigenvalue weighted by molar-refractivity contribution is -0.158. The molecule has 0 saturated carbocycles. The average Bonchev–Trinajstić information content (AvgIpc) is 3.35. The van der Waals surface area contributed by atoms with Gasteiger partial charge in [0.1, 0.15) is 5.39 Å². The number of nitrogens with zero attached hydrogens (tertiary/aromatic N) is 4. The number of nitrogens with one attached hydrogen (secondary N) is 2. The first-order valence-electron chi connectivity index (χ1n) is 12.2. The summed E-state index contributed by atoms with van der Waals surface area (Å²) in [5, 5.41) is 27.1. The Hall–Kier alpha value is -3.41. The maximum atomic E-state index is 12.9. The van der Waals surface area contributed by atoms with Crippen molar-refractivity contribution in [2.24, 2.45) is 0 Å². The van der Waals surface area contributed by atoms with Crippen molar-refractivity contribution < 1.29 is 23.7 Å². The van der Waals surface area contributed by atoms with Gasteiger partial charge in [-0.1, -0.05) is 0 Å². The van der Waals surface area contributed by atoms with Gasteiger partial charge in [0, 0.05) is 24.0 Å². The Kier molecular flexibility index (Phi) is 6.28. The van der Waals surface area contributed by atoms with Crippen LogP contribution in [-0.4, -0.2) is 57.5 Å². The monoisotopic (exact) mass is 542 g/mol. The number of pyridine rings is 1. The fourth-order valence-corrected chi connectivity index (χ4v) is 7.27. The van der Waals surface area contributed by atoms with Gasteiger partial charge < -0.3 is 20.1 Å². The van der Waals surface area contributed by atoms with Gasteiger partial charge in [0.05, 0.1) is 35.0 Å². The number of hydrogen-bond acceptors (Lipinski definition) is 9. The lowest BCUT2D eigenvalue weighted by Crippen LogP contribution is -2.46. The smallest absolute Gasteiger partial charge is 0.332 e. The van der Waals surface area contributed by atoms with Crippen molar-refractivity contribution in [3.63, 3.8) is 0 Å². The van der Waals surface area contributed by atoms with Crippen molar-refractivity contribution in [1.29, 1.82) is 5.26 Å². The fourth-order valence-electron chi connectivity index (χ4n) is 5.23. The van der Waals surface area contributed by atoms with E-state index in [1.165, 1.54) is 6.20 Å². The van der Waals surface area contributed by atoms with E-state index >= 15 is 0 Å². The van der Waals surface area contributed by atoms with Gasteiger partial charge in [-0.3, -0.25) is 18.6 Å². The minimum atomic E-state index is -3.13. The van der Waals surface area contributed by atoms with E-state index in [1.807, 2.05) is 26.8 Å². The zero-order valence-electron chi connectivity index (χ0n) is 21.3. The molecule has 2 unspecified atom stereocenters. The predicted molar refractivity (Wildman–Crippen MR) is 141 cm³/mol. The summed E-state index contributed by atoms with van der Waals surface area (Å²) in [6, 6.07) is 9.04. The Morgan fingerprint density at radius 2 is 2.13 bits per heavy atom. The minimum absolute atomic E-state index is 0.0156. The van der Waals surface area contributed by atoms with Gasteiger partial charge in [0.2, 0.25) is 0 Å². The zero-order valence-corrected chi connectivity index (χ0v) is 22.1. The Balaban J connectivity index is 1.55. The third kappa shape index (κ3) is 4.24. The fraction of sp³-hybridized carbons (Fsp3) is 0.440. The molecule has 13 heteroatoms. The number of nitriles is 1. The number of rotatable bonds is 5. The number of aromatic amines is 1. The van der Waals surface area contributed by atoms with Crippen molar-refractivity contribution >= 4 is 39.2 Å². The molecule has 1 fully saturated rings. The molecule has 5 N–H and O–H groups in total. The van der Waals surface area contributed by atoms with Crippen LogP contribution in [0.25, 0.3) is 10.9 Å². The summed E-state index contributed by atoms with van der Waals surface area (Å²) < 4.78 is 30.7. The molecule has 1 aromatic carbocycles. The number of carboxylic acid groups (broad SMARTS) is 1. The maximum absolute atomic E-state index is 12.9. The molecule has 202 valence electrons. The number of aliphatic carboxylic acids is 1. The van der Waals surface area contributed by atoms with Gasteiger partial charge in [-0.05, 0) is 63.4 Å². The first-order valence-corrected chi connectivity index (χ1v) is 13.7. The van der Waals surface area contributed by atoms with Crippen molar-refractivity contribution in [2.45, 2.75) is 68.7 Å². The highest BCUT2D eigenvalue weighted by Gasteiger charge is 2.43. The zero-order chi connectivity index (χ0) is 27.5. The Labute approximate surface area is 220 Å². The average molecular weight is 543 g/mol. The first-order chi connectivity index (χ1) is 17.9. The van der Waals surface area contributed by atoms with E-state index in [9.17, 15) is 29.1 Å². The van der Waals surface area contributed by atoms with Gasteiger partial charge in [-0.25, -0.2) is 4.79 Å². The standard InChI is InChI=1S/C25H30N6O6S/c1-24(2,3)30-13-15-12-16(4-5-19(15)38(30,35)36)28-21-20-17(7-11-27-22(20)32)31(29-21)25(9-10-26)8-6-18(23(33)34)37-14-25/h4-5,7,11-12,18,35-36H,6,8-9,13-14H2,1-3H3,(H,27,32)(H,28,29)(H,33,34). The molecule has 0 aliphatic carbocycles. The van der Waals surface area contributed by atoms with E-state index in [0.717, 1.165) is 5.56 Å². The molecule has 4 heterocycles. The molecule has 38 heavy (non-hydrogen) atoms. The van der Waals surface area contributed by atoms with Gasteiger partial charge >= 0.3 is 5.97 Å². The van der Waals surface area contributed by atoms with Crippen LogP contribution in [0.3, 0.4) is 0 Å². The molecule has 2 aliphatic heterocycles. The van der Waals surface area contributed by atoms with E-state index in [2.05, 4.69) is 16.4 Å². The molecule has 3 aromatic rings. The molecular formula is C25H30N6O6S. The number of hydrogen-bond donors (Lipinski definition) is 5. The summed E-state index contributed by atoms with van der Waals surface area (Å²) in [6.07, 6.45) is 1.08. The maximum Gasteiger partial charge on any atom is 0.332 e. The van der Waals surface area contributed by atoms with Crippen LogP contribution in [0.4, 0.5) is 11.5 Å². The number of aromatic nitrogens is 3. The summed E-state index contributed by atoms with van der Waals surface area (Å²) in [6.45, 7) is 6.06. The van der Waals surface area contributed by atoms with Crippen LogP contribution < -0.4 is 10.9 Å². The molecule has 2 atom stereocenters. The van der Waals surface area contributed by atoms with E-state index in [-0.39, 0.29) is 36.2 Å². The molecule has 12 nitrogen and oxygen atoms in total. The largest absolute Gasteiger partial charge is 0.479 e. The number of anilines is 2. The number of fused-ring (bicyclic) bond motifs is 2. The van der Waals surface area contributed by atoms with Crippen LogP contribution in [0.1, 0.15) is 45.6 Å². The van der Waals surface area contributed by atoms with Crippen LogP contribution in [0.5, 0.6) is 0 Å². The molecular weight excluding hydrogens is 512 g/mol. The van der Waals surface area contributed by atoms with E-state index < -0.39 is 33.9 Å². The van der Waals surface area contributed by atoms with Crippen molar-refractivity contribution in [3.05, 3.63) is 46.4 Å². The lowest BCUT2D eigenvalue weighted by Gasteiger charge is -2.44. The quantitative estimate of drug-likeness (QED) is 0.317. The molecule has 0 bridgehead atoms. The first kappa shape index (κ1) is 26.2. The minimum Gasteiger partial charge on any atom is -0.479 e. The molecule has 0 spiro atoms. The summed E-state index contributed by atoms with van der Waals surface area (Å²) in [7, 11) is -3.13. The molecule has 5 rings (SSSR count). The van der Waals surface area contributed by atoms with E-state index in [1.54, 1.807) is 27.2 Å². The Morgan fingerprint density at radius 1 is 1.37 bits per heavy atom. The van der Waals surface area contributed by atoms with Crippen LogP contribution in [0.15, 0.2) is 40.2 Å². The van der Waals surface area contributed by atoms with Gasteiger partial charge in [-0.2, -0.15) is 14.7 Å². The molecule has 1 saturated heterocycles. The SMILES string of the molecule is CC(C)(C)N1Cc2cc(Nc3nn(C4(CC#N)CCC(C(=O)O)OC4)c4cc[nH]c(=O)c34)ccc2S1(O)O. The van der Waals surface area contributed by atoms with E-state index in [0.29, 0.717) is 29.1 Å². The molecule has 2 aromatic heterocycles. The number of benzene rings is 1. The van der Waals surface area contributed by atoms with Gasteiger partial charge in [0.25, 0.3) is 5.56 Å². The van der Waals surface area contributed by atoms with E-state index in [4.69, 9.17) is 9.84 Å². The normalized spacial score (nSPS) is 24.1. The highest BCUT2D eigenvalue weighted by molar-refractivity contribution is 8.22. The van der Waals surface area contributed by atoms with Gasteiger partial charge in [0.15, 0.2) is 11.9 Å². The second kappa shape index (κ2) is 9.11. The van der Waals surface area contributed by atoms with Crippen LogP contribution >= 0.6 is 10.8 Å². The summed E-state index contributed by atoms with van der Waals surface area (Å²) in [5.41, 5.74) is 0.0449. The van der Waals surface area contributed by atoms with Crippen LogP contribution in [0.2, 0.25) is 0 Å². The lowest BCUT2D eigenvalue weighted by atomic mass is 9.87. The predicted octanol–water partition coefficient (Wildman–Crippen LogP) is 3.98. The number of H-pyrrole nitrogens is 1. The number of carboxylic acids is 1. The molecule has 0 amide bonds. The highest BCUT2D eigenvalue weighted by Crippen LogP contribution is 2.61. The van der Waals surface area contributed by atoms with Crippen LogP contribution in [-0.2, 0) is 21.6 Å². The third-order valence-corrected chi connectivity index (χ3v) is 9.43. The van der Waals surface area contributed by atoms with Crippen molar-refractivity contribution in [1.82, 2.24) is 19.1 Å². The molecule has 0 radical (unpaired) electrons. The Bertz CT molecular complexity index is 1510. The van der Waals surface area contributed by atoms with Crippen molar-refractivity contribution in [2.75, 3.05) is 11.9 Å². The number of ether oxygens (including phenoxy) is 1. The summed E-state index contributed by atoms with van der Waals surface area (Å²) >= 11 is 0. The van der Waals surface area contributed by atoms with Crippen LogP contribution in [0, 0.1) is 11.3 Å². The second-order valence-electron chi connectivity index (χ2n) is 10.7. The number of carbonyl (C=O) groups is 1. The van der Waals surface area contributed by atoms with Crippen molar-refractivity contribution in [3.8, 4) is 6.07 Å².